The summed E-state index contributed by atoms with van der Waals surface area (Å²) in [6, 6.07) is 8.03. The average Bonchev–Trinajstić information content (AvgIpc) is 2.91. The Morgan fingerprint density at radius 3 is 3.05 bits per heavy atom. The van der Waals surface area contributed by atoms with Crippen molar-refractivity contribution in [3.05, 3.63) is 36.1 Å². The van der Waals surface area contributed by atoms with Crippen LogP contribution in [-0.2, 0) is 9.53 Å². The number of carbonyl (C=O) groups excluding carboxylic acids is 1. The molecule has 0 aromatic heterocycles. The quantitative estimate of drug-likeness (QED) is 0.839. The molecule has 0 saturated carbocycles. The normalized spacial score (nSPS) is 24.7. The van der Waals surface area contributed by atoms with Crippen LogP contribution in [-0.4, -0.2) is 36.6 Å². The zero-order chi connectivity index (χ0) is 14.9. The SMILES string of the molecule is COc1cccc(C2=COC3(CCCN(C(C)=O)C3)C2)c1. The molecule has 4 heteroatoms. The van der Waals surface area contributed by atoms with E-state index in [2.05, 4.69) is 6.07 Å². The van der Waals surface area contributed by atoms with Crippen molar-refractivity contribution in [1.29, 1.82) is 0 Å². The van der Waals surface area contributed by atoms with Crippen molar-refractivity contribution >= 4 is 11.5 Å². The molecule has 2 aliphatic heterocycles. The number of hydrogen-bond donors (Lipinski definition) is 0. The highest BCUT2D eigenvalue weighted by molar-refractivity contribution is 5.74. The van der Waals surface area contributed by atoms with Gasteiger partial charge in [0.2, 0.25) is 5.91 Å². The van der Waals surface area contributed by atoms with Crippen molar-refractivity contribution in [3.8, 4) is 5.75 Å². The number of hydrogen-bond acceptors (Lipinski definition) is 3. The van der Waals surface area contributed by atoms with Gasteiger partial charge in [0.1, 0.15) is 11.4 Å². The third kappa shape index (κ3) is 2.75. The molecule has 1 amide bonds. The fourth-order valence-electron chi connectivity index (χ4n) is 3.23. The molecule has 1 aromatic carbocycles. The summed E-state index contributed by atoms with van der Waals surface area (Å²) in [5.74, 6) is 0.982. The molecular weight excluding hydrogens is 266 g/mol. The summed E-state index contributed by atoms with van der Waals surface area (Å²) >= 11 is 0. The molecule has 2 heterocycles. The minimum absolute atomic E-state index is 0.132. The second-order valence-electron chi connectivity index (χ2n) is 5.90. The van der Waals surface area contributed by atoms with Gasteiger partial charge in [-0.15, -0.1) is 0 Å². The van der Waals surface area contributed by atoms with Crippen molar-refractivity contribution < 1.29 is 14.3 Å². The smallest absolute Gasteiger partial charge is 0.219 e. The third-order valence-corrected chi connectivity index (χ3v) is 4.39. The predicted molar refractivity (Wildman–Crippen MR) is 80.9 cm³/mol. The Labute approximate surface area is 125 Å². The molecule has 3 rings (SSSR count). The van der Waals surface area contributed by atoms with Gasteiger partial charge in [-0.25, -0.2) is 0 Å². The number of carbonyl (C=O) groups is 1. The van der Waals surface area contributed by atoms with Gasteiger partial charge in [-0.2, -0.15) is 0 Å². The Balaban J connectivity index is 1.76. The minimum Gasteiger partial charge on any atom is -0.497 e. The van der Waals surface area contributed by atoms with Crippen molar-refractivity contribution in [2.45, 2.75) is 31.8 Å². The maximum atomic E-state index is 11.6. The van der Waals surface area contributed by atoms with Gasteiger partial charge in [0.05, 0.1) is 19.9 Å². The first kappa shape index (κ1) is 14.0. The van der Waals surface area contributed by atoms with Gasteiger partial charge >= 0.3 is 0 Å². The lowest BCUT2D eigenvalue weighted by molar-refractivity contribution is -0.135. The first-order chi connectivity index (χ1) is 10.1. The zero-order valence-corrected chi connectivity index (χ0v) is 12.6. The van der Waals surface area contributed by atoms with Gasteiger partial charge in [0.25, 0.3) is 0 Å². The summed E-state index contributed by atoms with van der Waals surface area (Å²) in [5, 5.41) is 0. The summed E-state index contributed by atoms with van der Waals surface area (Å²) in [6.07, 6.45) is 4.71. The van der Waals surface area contributed by atoms with E-state index in [-0.39, 0.29) is 11.5 Å². The highest BCUT2D eigenvalue weighted by atomic mass is 16.5. The molecule has 1 spiro atoms. The maximum absolute atomic E-state index is 11.6. The van der Waals surface area contributed by atoms with Crippen molar-refractivity contribution in [3.63, 3.8) is 0 Å². The van der Waals surface area contributed by atoms with E-state index in [4.69, 9.17) is 9.47 Å². The molecular formula is C17H21NO3. The number of rotatable bonds is 2. The lowest BCUT2D eigenvalue weighted by atomic mass is 9.86. The number of benzene rings is 1. The van der Waals surface area contributed by atoms with Gasteiger partial charge in [-0.3, -0.25) is 4.79 Å². The molecule has 1 aromatic rings. The zero-order valence-electron chi connectivity index (χ0n) is 12.6. The van der Waals surface area contributed by atoms with Crippen LogP contribution in [0.5, 0.6) is 5.75 Å². The van der Waals surface area contributed by atoms with Gasteiger partial charge in [0, 0.05) is 19.9 Å². The van der Waals surface area contributed by atoms with Gasteiger partial charge in [0.15, 0.2) is 0 Å². The van der Waals surface area contributed by atoms with Crippen LogP contribution in [0.1, 0.15) is 31.7 Å². The van der Waals surface area contributed by atoms with Crippen LogP contribution in [0.2, 0.25) is 0 Å². The van der Waals surface area contributed by atoms with E-state index in [0.29, 0.717) is 6.54 Å². The summed E-state index contributed by atoms with van der Waals surface area (Å²) in [7, 11) is 1.67. The molecule has 0 radical (unpaired) electrons. The van der Waals surface area contributed by atoms with Crippen LogP contribution in [0.25, 0.3) is 5.57 Å². The lowest BCUT2D eigenvalue weighted by Gasteiger charge is -2.39. The molecule has 0 bridgehead atoms. The highest BCUT2D eigenvalue weighted by Crippen LogP contribution is 2.40. The van der Waals surface area contributed by atoms with Gasteiger partial charge in [-0.05, 0) is 36.1 Å². The van der Waals surface area contributed by atoms with Crippen LogP contribution in [0.15, 0.2) is 30.5 Å². The number of piperidine rings is 1. The van der Waals surface area contributed by atoms with Crippen LogP contribution in [0.3, 0.4) is 0 Å². The fourth-order valence-corrected chi connectivity index (χ4v) is 3.23. The van der Waals surface area contributed by atoms with E-state index in [1.54, 1.807) is 14.0 Å². The predicted octanol–water partition coefficient (Wildman–Crippen LogP) is 2.84. The van der Waals surface area contributed by atoms with Gasteiger partial charge < -0.3 is 14.4 Å². The van der Waals surface area contributed by atoms with E-state index < -0.39 is 0 Å². The van der Waals surface area contributed by atoms with E-state index in [1.165, 1.54) is 5.57 Å². The molecule has 0 aliphatic carbocycles. The first-order valence-electron chi connectivity index (χ1n) is 7.39. The second-order valence-corrected chi connectivity index (χ2v) is 5.90. The van der Waals surface area contributed by atoms with Crippen LogP contribution in [0.4, 0.5) is 0 Å². The maximum Gasteiger partial charge on any atom is 0.219 e. The van der Waals surface area contributed by atoms with E-state index in [1.807, 2.05) is 29.4 Å². The number of amides is 1. The summed E-state index contributed by atoms with van der Waals surface area (Å²) in [4.78, 5) is 13.5. The summed E-state index contributed by atoms with van der Waals surface area (Å²) < 4.78 is 11.3. The topological polar surface area (TPSA) is 38.8 Å². The Bertz CT molecular complexity index is 581. The van der Waals surface area contributed by atoms with Crippen LogP contribution >= 0.6 is 0 Å². The van der Waals surface area contributed by atoms with Crippen molar-refractivity contribution in [2.24, 2.45) is 0 Å². The average molecular weight is 287 g/mol. The third-order valence-electron chi connectivity index (χ3n) is 4.39. The monoisotopic (exact) mass is 287 g/mol. The molecule has 112 valence electrons. The molecule has 0 N–H and O–H groups in total. The van der Waals surface area contributed by atoms with Crippen molar-refractivity contribution in [2.75, 3.05) is 20.2 Å². The number of nitrogens with zero attached hydrogens (tertiary/aromatic N) is 1. The molecule has 1 unspecified atom stereocenters. The standard InChI is InChI=1S/C17H21NO3/c1-13(19)18-8-4-7-17(12-18)10-15(11-21-17)14-5-3-6-16(9-14)20-2/h3,5-6,9,11H,4,7-8,10,12H2,1-2H3. The molecule has 1 atom stereocenters. The van der Waals surface area contributed by atoms with E-state index in [9.17, 15) is 4.79 Å². The summed E-state index contributed by atoms with van der Waals surface area (Å²) in [6.45, 7) is 3.16. The molecule has 1 fully saturated rings. The van der Waals surface area contributed by atoms with Crippen molar-refractivity contribution in [1.82, 2.24) is 4.90 Å². The van der Waals surface area contributed by atoms with E-state index in [0.717, 1.165) is 37.1 Å². The molecule has 2 aliphatic rings. The lowest BCUT2D eigenvalue weighted by Crippen LogP contribution is -2.49. The highest BCUT2D eigenvalue weighted by Gasteiger charge is 2.41. The van der Waals surface area contributed by atoms with Crippen LogP contribution in [0, 0.1) is 0 Å². The van der Waals surface area contributed by atoms with Gasteiger partial charge in [-0.1, -0.05) is 12.1 Å². The Morgan fingerprint density at radius 1 is 1.43 bits per heavy atom. The number of methoxy groups -OCH3 is 1. The molecule has 21 heavy (non-hydrogen) atoms. The largest absolute Gasteiger partial charge is 0.497 e. The first-order valence-corrected chi connectivity index (χ1v) is 7.39. The number of likely N-dealkylation sites (tertiary alicyclic amines) is 1. The summed E-state index contributed by atoms with van der Waals surface area (Å²) in [5.41, 5.74) is 2.08. The molecule has 4 nitrogen and oxygen atoms in total. The fraction of sp³-hybridized carbons (Fsp3) is 0.471. The Kier molecular flexibility index (Phi) is 3.62. The Hall–Kier alpha value is -1.97. The Morgan fingerprint density at radius 2 is 2.29 bits per heavy atom. The minimum atomic E-state index is -0.234. The van der Waals surface area contributed by atoms with Crippen LogP contribution < -0.4 is 4.74 Å². The molecule has 1 saturated heterocycles. The second kappa shape index (κ2) is 5.43. The van der Waals surface area contributed by atoms with E-state index >= 15 is 0 Å². The number of ether oxygens (including phenoxy) is 2.